The number of nitrogens with one attached hydrogen (secondary N) is 2. The van der Waals surface area contributed by atoms with Crippen LogP contribution < -0.4 is 26.1 Å². The summed E-state index contributed by atoms with van der Waals surface area (Å²) < 4.78 is 47.0. The average Bonchev–Trinajstić information content (AvgIpc) is 3.76. The second-order valence-corrected chi connectivity index (χ2v) is 22.1. The molecule has 0 radical (unpaired) electrons. The number of hydrogen-bond donors (Lipinski definition) is 3. The molecule has 3 aromatic carbocycles. The highest BCUT2D eigenvalue weighted by Gasteiger charge is 2.24. The number of ether oxygens (including phenoxy) is 2. The Bertz CT molecular complexity index is 2710. The van der Waals surface area contributed by atoms with E-state index in [0.717, 1.165) is 11.6 Å². The summed E-state index contributed by atoms with van der Waals surface area (Å²) in [6, 6.07) is 23.3. The van der Waals surface area contributed by atoms with Gasteiger partial charge in [0.05, 0.1) is 40.5 Å². The number of para-hydroxylation sites is 1. The Morgan fingerprint density at radius 1 is 0.964 bits per heavy atom. The second kappa shape index (κ2) is 15.3. The van der Waals surface area contributed by atoms with Crippen molar-refractivity contribution in [3.8, 4) is 22.6 Å². The van der Waals surface area contributed by atoms with Crippen LogP contribution in [0.1, 0.15) is 24.4 Å². The Balaban J connectivity index is 1.33. The van der Waals surface area contributed by atoms with Crippen LogP contribution in [0.3, 0.4) is 0 Å². The highest BCUT2D eigenvalue weighted by atomic mass is 32.2. The summed E-state index contributed by atoms with van der Waals surface area (Å²) in [5.74, 6) is 1.48. The number of benzene rings is 3. The van der Waals surface area contributed by atoms with E-state index >= 15 is 0 Å². The molecule has 7 aromatic rings. The van der Waals surface area contributed by atoms with Gasteiger partial charge in [-0.3, -0.25) is 14.1 Å². The average molecular weight is 792 g/mol. The van der Waals surface area contributed by atoms with Gasteiger partial charge in [-0.2, -0.15) is 5.10 Å². The smallest absolute Gasteiger partial charge is 0.282 e. The van der Waals surface area contributed by atoms with Gasteiger partial charge in [0, 0.05) is 32.5 Å². The van der Waals surface area contributed by atoms with Crippen molar-refractivity contribution in [3.63, 3.8) is 0 Å². The normalized spacial score (nSPS) is 12.6. The number of nitrogens with two attached hydrogens (primary N) is 1. The Hall–Kier alpha value is -5.97. The van der Waals surface area contributed by atoms with Crippen LogP contribution in [0, 0.1) is 6.92 Å². The molecule has 4 aromatic heterocycles. The third kappa shape index (κ3) is 7.76. The summed E-state index contributed by atoms with van der Waals surface area (Å²) in [7, 11) is -3.85. The number of sulfonamides is 1. The van der Waals surface area contributed by atoms with Crippen molar-refractivity contribution >= 4 is 51.8 Å². The number of nitrogens with zero attached hydrogens (tertiary/aromatic N) is 6. The number of methoxy groups -OCH3 is 1. The van der Waals surface area contributed by atoms with Crippen molar-refractivity contribution in [1.29, 1.82) is 0 Å². The number of fused-ring (bicyclic) bond motifs is 2. The second-order valence-electron chi connectivity index (χ2n) is 14.8. The quantitative estimate of drug-likeness (QED) is 0.0763. The molecule has 4 N–H and O–H groups in total. The predicted octanol–water partition coefficient (Wildman–Crippen LogP) is 7.08. The number of nitrogen functional groups attached to an aromatic ring is 1. The zero-order valence-corrected chi connectivity index (χ0v) is 34.0. The van der Waals surface area contributed by atoms with Gasteiger partial charge < -0.3 is 25.1 Å². The monoisotopic (exact) mass is 791 g/mol. The molecule has 0 unspecified atom stereocenters. The van der Waals surface area contributed by atoms with E-state index in [2.05, 4.69) is 39.6 Å². The zero-order valence-electron chi connectivity index (χ0n) is 32.1. The summed E-state index contributed by atoms with van der Waals surface area (Å²) in [5.41, 5.74) is 10.4. The van der Waals surface area contributed by atoms with Crippen LogP contribution in [0.2, 0.25) is 25.7 Å². The Morgan fingerprint density at radius 2 is 1.71 bits per heavy atom. The molecular formula is C40H45N9O5SSi. The highest BCUT2D eigenvalue weighted by molar-refractivity contribution is 7.92. The number of hydrogen-bond acceptors (Lipinski definition) is 10. The lowest BCUT2D eigenvalue weighted by Crippen LogP contribution is -2.29. The van der Waals surface area contributed by atoms with Crippen LogP contribution in [-0.4, -0.2) is 58.9 Å². The van der Waals surface area contributed by atoms with E-state index in [9.17, 15) is 13.2 Å². The minimum absolute atomic E-state index is 0.0662. The summed E-state index contributed by atoms with van der Waals surface area (Å²) in [6.45, 7) is 11.5. The molecule has 0 aliphatic rings. The molecule has 16 heteroatoms. The fourth-order valence-electron chi connectivity index (χ4n) is 6.54. The maximum absolute atomic E-state index is 14.0. The first-order valence-electron chi connectivity index (χ1n) is 18.2. The molecule has 14 nitrogen and oxygen atoms in total. The number of aromatic nitrogens is 6. The fourth-order valence-corrected chi connectivity index (χ4v) is 8.37. The van der Waals surface area contributed by atoms with Crippen molar-refractivity contribution in [1.82, 2.24) is 28.7 Å². The molecule has 56 heavy (non-hydrogen) atoms. The van der Waals surface area contributed by atoms with Crippen molar-refractivity contribution < 1.29 is 17.9 Å². The molecule has 0 fully saturated rings. The lowest BCUT2D eigenvalue weighted by Gasteiger charge is -2.22. The molecule has 0 aliphatic carbocycles. The highest BCUT2D eigenvalue weighted by Crippen LogP contribution is 2.39. The molecule has 0 aliphatic heterocycles. The van der Waals surface area contributed by atoms with E-state index in [4.69, 9.17) is 20.3 Å². The van der Waals surface area contributed by atoms with Gasteiger partial charge >= 0.3 is 0 Å². The molecular weight excluding hydrogens is 747 g/mol. The van der Waals surface area contributed by atoms with E-state index in [1.54, 1.807) is 33.5 Å². The van der Waals surface area contributed by atoms with Crippen LogP contribution in [0.4, 0.5) is 17.3 Å². The SMILES string of the molecule is COc1ccc(S(=O)(=O)Nc2cc(-c3c(N)ncnc3N[C@@H](C)c3nn4ccc(C)c4c(=O)n3-c3ccccc3)cc3c2ccn3COCC[Si](C)(C)C)cc1. The number of rotatable bonds is 14. The summed E-state index contributed by atoms with van der Waals surface area (Å²) in [6.07, 6.45) is 4.98. The molecule has 0 spiro atoms. The molecule has 0 amide bonds. The van der Waals surface area contributed by atoms with E-state index < -0.39 is 24.1 Å². The molecule has 0 saturated heterocycles. The largest absolute Gasteiger partial charge is 0.497 e. The summed E-state index contributed by atoms with van der Waals surface area (Å²) in [5, 5.41) is 8.99. The predicted molar refractivity (Wildman–Crippen MR) is 223 cm³/mol. The van der Waals surface area contributed by atoms with Crippen molar-refractivity contribution in [2.24, 2.45) is 0 Å². The Kier molecular flexibility index (Phi) is 10.5. The zero-order chi connectivity index (χ0) is 39.8. The molecule has 7 rings (SSSR count). The van der Waals surface area contributed by atoms with Crippen LogP contribution in [0.25, 0.3) is 33.2 Å². The number of aryl methyl sites for hydroxylation is 1. The van der Waals surface area contributed by atoms with Crippen LogP contribution >= 0.6 is 0 Å². The lowest BCUT2D eigenvalue weighted by molar-refractivity contribution is 0.0902. The van der Waals surface area contributed by atoms with E-state index in [0.29, 0.717) is 62.9 Å². The maximum Gasteiger partial charge on any atom is 0.282 e. The lowest BCUT2D eigenvalue weighted by atomic mass is 10.0. The Labute approximate surface area is 326 Å². The van der Waals surface area contributed by atoms with Crippen molar-refractivity contribution in [2.75, 3.05) is 29.5 Å². The van der Waals surface area contributed by atoms with E-state index in [1.165, 1.54) is 25.6 Å². The van der Waals surface area contributed by atoms with Crippen LogP contribution in [0.5, 0.6) is 5.75 Å². The van der Waals surface area contributed by atoms with E-state index in [1.807, 2.05) is 73.1 Å². The molecule has 0 saturated carbocycles. The fraction of sp³-hybridized carbons (Fsp3) is 0.250. The van der Waals surface area contributed by atoms with Gasteiger partial charge in [0.2, 0.25) is 0 Å². The summed E-state index contributed by atoms with van der Waals surface area (Å²) in [4.78, 5) is 23.1. The van der Waals surface area contributed by atoms with Gasteiger partial charge in [-0.05, 0) is 91.7 Å². The molecule has 0 bridgehead atoms. The third-order valence-corrected chi connectivity index (χ3v) is 12.6. The van der Waals surface area contributed by atoms with E-state index in [-0.39, 0.29) is 23.0 Å². The summed E-state index contributed by atoms with van der Waals surface area (Å²) >= 11 is 0. The molecule has 290 valence electrons. The van der Waals surface area contributed by atoms with Gasteiger partial charge in [0.15, 0.2) is 5.82 Å². The minimum Gasteiger partial charge on any atom is -0.497 e. The first-order chi connectivity index (χ1) is 26.7. The van der Waals surface area contributed by atoms with Crippen molar-refractivity contribution in [3.05, 3.63) is 119 Å². The topological polar surface area (TPSA) is 173 Å². The minimum atomic E-state index is -4.05. The van der Waals surface area contributed by atoms with Gasteiger partial charge in [-0.15, -0.1) is 0 Å². The van der Waals surface area contributed by atoms with Crippen LogP contribution in [0.15, 0.2) is 107 Å². The van der Waals surface area contributed by atoms with Gasteiger partial charge in [-0.1, -0.05) is 37.8 Å². The first kappa shape index (κ1) is 38.3. The molecule has 4 heterocycles. The van der Waals surface area contributed by atoms with Crippen LogP contribution in [-0.2, 0) is 21.5 Å². The van der Waals surface area contributed by atoms with Crippen molar-refractivity contribution in [2.45, 2.75) is 57.2 Å². The van der Waals surface area contributed by atoms with Gasteiger partial charge in [-0.25, -0.2) is 22.9 Å². The molecule has 1 atom stereocenters. The standard InChI is InChI=1S/C40H45N9O5SSi/c1-26-16-19-48-36(26)40(50)49(29-10-8-7-9-11-29)39(45-48)27(2)44-38-35(37(41)42-24-43-38)28-22-33(46-55(51,52)31-14-12-30(53-3)13-15-31)32-17-18-47(34(32)23-28)25-54-20-21-56(4,5)6/h7-19,22-24,27,46H,20-21,25H2,1-6H3,(H3,41,42,43,44)/t27-/m0/s1. The number of anilines is 3. The first-order valence-corrected chi connectivity index (χ1v) is 23.3. The van der Waals surface area contributed by atoms with Gasteiger partial charge in [0.25, 0.3) is 15.6 Å². The van der Waals surface area contributed by atoms with Gasteiger partial charge in [0.1, 0.15) is 36.0 Å². The Morgan fingerprint density at radius 3 is 2.43 bits per heavy atom. The maximum atomic E-state index is 14.0. The third-order valence-electron chi connectivity index (χ3n) is 9.56.